The molecule has 0 saturated heterocycles. The predicted molar refractivity (Wildman–Crippen MR) is 87.1 cm³/mol. The van der Waals surface area contributed by atoms with Crippen molar-refractivity contribution < 1.29 is 9.47 Å². The highest BCUT2D eigenvalue weighted by atomic mass is 79.9. The summed E-state index contributed by atoms with van der Waals surface area (Å²) in [6.45, 7) is 11.2. The van der Waals surface area contributed by atoms with Gasteiger partial charge in [0.05, 0.1) is 24.9 Å². The van der Waals surface area contributed by atoms with Gasteiger partial charge in [0.25, 0.3) is 0 Å². The first-order valence-electron chi connectivity index (χ1n) is 7.14. The lowest BCUT2D eigenvalue weighted by atomic mass is 10.1. The lowest BCUT2D eigenvalue weighted by Gasteiger charge is -2.22. The van der Waals surface area contributed by atoms with Crippen molar-refractivity contribution in [2.45, 2.75) is 39.4 Å². The zero-order valence-electron chi connectivity index (χ0n) is 12.9. The van der Waals surface area contributed by atoms with Crippen LogP contribution in [0.15, 0.2) is 28.7 Å². The van der Waals surface area contributed by atoms with Crippen molar-refractivity contribution in [1.29, 1.82) is 0 Å². The van der Waals surface area contributed by atoms with E-state index in [-0.39, 0.29) is 11.7 Å². The predicted octanol–water partition coefficient (Wildman–Crippen LogP) is 3.93. The summed E-state index contributed by atoms with van der Waals surface area (Å²) in [5, 5.41) is 3.34. The molecule has 0 heterocycles. The van der Waals surface area contributed by atoms with Crippen molar-refractivity contribution >= 4 is 15.9 Å². The lowest BCUT2D eigenvalue weighted by molar-refractivity contribution is -0.0518. The van der Waals surface area contributed by atoms with Crippen LogP contribution in [0.4, 0.5) is 0 Å². The molecular weight excluding hydrogens is 318 g/mol. The Labute approximate surface area is 131 Å². The average molecular weight is 344 g/mol. The molecule has 0 bridgehead atoms. The van der Waals surface area contributed by atoms with Crippen molar-refractivity contribution in [2.24, 2.45) is 0 Å². The molecule has 0 aliphatic carbocycles. The molecule has 1 N–H and O–H groups in total. The Kier molecular flexibility index (Phi) is 7.74. The SMILES string of the molecule is CCNCC(OCCOC(C)(C)C)c1cccc(Br)c1. The highest BCUT2D eigenvalue weighted by molar-refractivity contribution is 9.10. The van der Waals surface area contributed by atoms with Crippen LogP contribution in [0.3, 0.4) is 0 Å². The third-order valence-corrected chi connectivity index (χ3v) is 3.23. The van der Waals surface area contributed by atoms with E-state index in [1.165, 1.54) is 5.56 Å². The van der Waals surface area contributed by atoms with Crippen LogP contribution in [0, 0.1) is 0 Å². The number of rotatable bonds is 8. The van der Waals surface area contributed by atoms with Crippen molar-refractivity contribution in [2.75, 3.05) is 26.3 Å². The third kappa shape index (κ3) is 7.39. The summed E-state index contributed by atoms with van der Waals surface area (Å²) < 4.78 is 12.7. The van der Waals surface area contributed by atoms with Crippen LogP contribution in [-0.2, 0) is 9.47 Å². The van der Waals surface area contributed by atoms with Crippen LogP contribution < -0.4 is 5.32 Å². The minimum absolute atomic E-state index is 0.0519. The fourth-order valence-electron chi connectivity index (χ4n) is 1.79. The van der Waals surface area contributed by atoms with E-state index >= 15 is 0 Å². The molecule has 3 nitrogen and oxygen atoms in total. The molecule has 0 aliphatic heterocycles. The van der Waals surface area contributed by atoms with Gasteiger partial charge in [-0.2, -0.15) is 0 Å². The van der Waals surface area contributed by atoms with Gasteiger partial charge in [0, 0.05) is 11.0 Å². The van der Waals surface area contributed by atoms with Crippen LogP contribution >= 0.6 is 15.9 Å². The smallest absolute Gasteiger partial charge is 0.0950 e. The maximum absolute atomic E-state index is 5.97. The standard InChI is InChI=1S/C16H26BrNO2/c1-5-18-12-15(13-7-6-8-14(17)11-13)19-9-10-20-16(2,3)4/h6-8,11,15,18H,5,9-10,12H2,1-4H3. The Morgan fingerprint density at radius 2 is 2.00 bits per heavy atom. The normalized spacial score (nSPS) is 13.4. The molecule has 0 amide bonds. The number of ether oxygens (including phenoxy) is 2. The lowest BCUT2D eigenvalue weighted by Crippen LogP contribution is -2.26. The summed E-state index contributed by atoms with van der Waals surface area (Å²) in [7, 11) is 0. The van der Waals surface area contributed by atoms with Gasteiger partial charge in [-0.3, -0.25) is 0 Å². The summed E-state index contributed by atoms with van der Waals surface area (Å²) in [6.07, 6.45) is 0.0519. The Morgan fingerprint density at radius 1 is 1.25 bits per heavy atom. The topological polar surface area (TPSA) is 30.5 Å². The maximum Gasteiger partial charge on any atom is 0.0950 e. The Bertz CT molecular complexity index is 390. The van der Waals surface area contributed by atoms with Gasteiger partial charge in [0.1, 0.15) is 0 Å². The molecule has 1 unspecified atom stereocenters. The minimum atomic E-state index is -0.115. The summed E-state index contributed by atoms with van der Waals surface area (Å²) in [5.74, 6) is 0. The molecular formula is C16H26BrNO2. The van der Waals surface area contributed by atoms with E-state index in [9.17, 15) is 0 Å². The molecule has 20 heavy (non-hydrogen) atoms. The molecule has 0 radical (unpaired) electrons. The molecule has 1 atom stereocenters. The van der Waals surface area contributed by atoms with Gasteiger partial charge in [-0.1, -0.05) is 35.0 Å². The van der Waals surface area contributed by atoms with E-state index in [0.717, 1.165) is 17.6 Å². The van der Waals surface area contributed by atoms with Crippen molar-refractivity contribution in [1.82, 2.24) is 5.32 Å². The zero-order valence-corrected chi connectivity index (χ0v) is 14.5. The molecule has 114 valence electrons. The first-order valence-corrected chi connectivity index (χ1v) is 7.93. The largest absolute Gasteiger partial charge is 0.373 e. The summed E-state index contributed by atoms with van der Waals surface area (Å²) in [4.78, 5) is 0. The number of hydrogen-bond donors (Lipinski definition) is 1. The molecule has 4 heteroatoms. The van der Waals surface area contributed by atoms with E-state index in [2.05, 4.69) is 61.1 Å². The van der Waals surface area contributed by atoms with Crippen LogP contribution in [0.1, 0.15) is 39.4 Å². The summed E-state index contributed by atoms with van der Waals surface area (Å²) in [5.41, 5.74) is 1.06. The Hall–Kier alpha value is -0.420. The molecule has 0 fully saturated rings. The maximum atomic E-state index is 5.97. The number of benzene rings is 1. The van der Waals surface area contributed by atoms with Gasteiger partial charge < -0.3 is 14.8 Å². The van der Waals surface area contributed by atoms with E-state index < -0.39 is 0 Å². The second kappa shape index (κ2) is 8.78. The minimum Gasteiger partial charge on any atom is -0.373 e. The molecule has 0 spiro atoms. The van der Waals surface area contributed by atoms with Crippen molar-refractivity contribution in [3.8, 4) is 0 Å². The zero-order chi connectivity index (χ0) is 15.0. The first-order chi connectivity index (χ1) is 9.42. The quantitative estimate of drug-likeness (QED) is 0.725. The molecule has 1 rings (SSSR count). The highest BCUT2D eigenvalue weighted by Gasteiger charge is 2.13. The first kappa shape index (κ1) is 17.6. The summed E-state index contributed by atoms with van der Waals surface area (Å²) in [6, 6.07) is 8.26. The second-order valence-corrected chi connectivity index (χ2v) is 6.60. The van der Waals surface area contributed by atoms with Gasteiger partial charge in [-0.25, -0.2) is 0 Å². The van der Waals surface area contributed by atoms with Gasteiger partial charge in [0.15, 0.2) is 0 Å². The molecule has 0 aliphatic rings. The number of likely N-dealkylation sites (N-methyl/N-ethyl adjacent to an activating group) is 1. The van der Waals surface area contributed by atoms with Crippen LogP contribution in [0.25, 0.3) is 0 Å². The van der Waals surface area contributed by atoms with E-state index in [4.69, 9.17) is 9.47 Å². The highest BCUT2D eigenvalue weighted by Crippen LogP contribution is 2.21. The van der Waals surface area contributed by atoms with E-state index in [0.29, 0.717) is 13.2 Å². The van der Waals surface area contributed by atoms with Crippen molar-refractivity contribution in [3.63, 3.8) is 0 Å². The second-order valence-electron chi connectivity index (χ2n) is 5.68. The number of halogens is 1. The van der Waals surface area contributed by atoms with Gasteiger partial charge in [-0.15, -0.1) is 0 Å². The summed E-state index contributed by atoms with van der Waals surface area (Å²) >= 11 is 3.51. The third-order valence-electron chi connectivity index (χ3n) is 2.74. The molecule has 1 aromatic rings. The fraction of sp³-hybridized carbons (Fsp3) is 0.625. The fourth-order valence-corrected chi connectivity index (χ4v) is 2.21. The molecule has 0 aromatic heterocycles. The molecule has 0 saturated carbocycles. The average Bonchev–Trinajstić information content (AvgIpc) is 2.36. The van der Waals surface area contributed by atoms with Gasteiger partial charge in [0.2, 0.25) is 0 Å². The van der Waals surface area contributed by atoms with Crippen LogP contribution in [-0.4, -0.2) is 31.9 Å². The van der Waals surface area contributed by atoms with Gasteiger partial charge in [-0.05, 0) is 45.0 Å². The Morgan fingerprint density at radius 3 is 2.60 bits per heavy atom. The molecule has 1 aromatic carbocycles. The van der Waals surface area contributed by atoms with E-state index in [1.807, 2.05) is 12.1 Å². The van der Waals surface area contributed by atoms with Crippen LogP contribution in [0.2, 0.25) is 0 Å². The van der Waals surface area contributed by atoms with Crippen LogP contribution in [0.5, 0.6) is 0 Å². The van der Waals surface area contributed by atoms with Crippen molar-refractivity contribution in [3.05, 3.63) is 34.3 Å². The Balaban J connectivity index is 2.52. The number of hydrogen-bond acceptors (Lipinski definition) is 3. The number of nitrogens with one attached hydrogen (secondary N) is 1. The van der Waals surface area contributed by atoms with E-state index in [1.54, 1.807) is 0 Å². The monoisotopic (exact) mass is 343 g/mol. The van der Waals surface area contributed by atoms with Gasteiger partial charge >= 0.3 is 0 Å².